The van der Waals surface area contributed by atoms with Crippen LogP contribution in [0.2, 0.25) is 0 Å². The predicted molar refractivity (Wildman–Crippen MR) is 80.4 cm³/mol. The number of ether oxygens (including phenoxy) is 2. The zero-order valence-corrected chi connectivity index (χ0v) is 13.5. The van der Waals surface area contributed by atoms with Crippen molar-refractivity contribution in [2.75, 3.05) is 13.7 Å². The maximum Gasteiger partial charge on any atom is 0.324 e. The Morgan fingerprint density at radius 3 is 2.67 bits per heavy atom. The maximum atomic E-state index is 11.7. The molecule has 0 aromatic heterocycles. The second kappa shape index (κ2) is 6.63. The fraction of sp³-hybridized carbons (Fsp3) is 0.938. The monoisotopic (exact) mass is 299 g/mol. The molecule has 21 heavy (non-hydrogen) atoms. The van der Waals surface area contributed by atoms with Gasteiger partial charge in [-0.1, -0.05) is 0 Å². The Labute approximate surface area is 127 Å². The molecule has 0 aromatic carbocycles. The minimum absolute atomic E-state index is 0.0359. The van der Waals surface area contributed by atoms with Crippen molar-refractivity contribution in [1.29, 1.82) is 0 Å². The summed E-state index contributed by atoms with van der Waals surface area (Å²) < 4.78 is 11.3. The van der Waals surface area contributed by atoms with Crippen molar-refractivity contribution in [2.24, 2.45) is 0 Å². The van der Waals surface area contributed by atoms with Crippen LogP contribution in [0.4, 0.5) is 0 Å². The third-order valence-corrected chi connectivity index (χ3v) is 4.78. The third-order valence-electron chi connectivity index (χ3n) is 4.78. The first-order valence-corrected chi connectivity index (χ1v) is 8.05. The Morgan fingerprint density at radius 1 is 1.38 bits per heavy atom. The van der Waals surface area contributed by atoms with Crippen LogP contribution in [-0.2, 0) is 14.3 Å². The lowest BCUT2D eigenvalue weighted by molar-refractivity contribution is -0.149. The van der Waals surface area contributed by atoms with E-state index in [2.05, 4.69) is 5.32 Å². The highest BCUT2D eigenvalue weighted by molar-refractivity contribution is 5.79. The van der Waals surface area contributed by atoms with Crippen LogP contribution in [0.3, 0.4) is 0 Å². The highest BCUT2D eigenvalue weighted by atomic mass is 16.5. The van der Waals surface area contributed by atoms with Gasteiger partial charge in [0.25, 0.3) is 0 Å². The van der Waals surface area contributed by atoms with Gasteiger partial charge in [0, 0.05) is 26.2 Å². The van der Waals surface area contributed by atoms with Crippen LogP contribution in [0.5, 0.6) is 0 Å². The number of hydrogen-bond donors (Lipinski definition) is 2. The van der Waals surface area contributed by atoms with Gasteiger partial charge < -0.3 is 14.6 Å². The Bertz CT molecular complexity index is 367. The summed E-state index contributed by atoms with van der Waals surface area (Å²) in [5.41, 5.74) is -0.967. The Kier molecular flexibility index (Phi) is 5.28. The molecular formula is C16H29NO4. The molecule has 5 heteroatoms. The molecule has 2 saturated carbocycles. The SMILES string of the molecule is COC(C)(C)CCOC1CCCC(NC2CC2)(C(=O)O)C1. The van der Waals surface area contributed by atoms with Gasteiger partial charge in [-0.2, -0.15) is 0 Å². The van der Waals surface area contributed by atoms with Crippen LogP contribution >= 0.6 is 0 Å². The fourth-order valence-corrected chi connectivity index (χ4v) is 2.95. The predicted octanol–water partition coefficient (Wildman–Crippen LogP) is 2.34. The first kappa shape index (κ1) is 16.7. The molecule has 2 aliphatic carbocycles. The van der Waals surface area contributed by atoms with Crippen LogP contribution in [0.15, 0.2) is 0 Å². The summed E-state index contributed by atoms with van der Waals surface area (Å²) in [6, 6.07) is 0.396. The number of aliphatic carboxylic acids is 1. The van der Waals surface area contributed by atoms with Gasteiger partial charge in [0.2, 0.25) is 0 Å². The molecule has 2 unspecified atom stereocenters. The van der Waals surface area contributed by atoms with E-state index in [0.29, 0.717) is 25.5 Å². The van der Waals surface area contributed by atoms with Crippen molar-refractivity contribution < 1.29 is 19.4 Å². The molecule has 0 amide bonds. The molecule has 2 N–H and O–H groups in total. The van der Waals surface area contributed by atoms with E-state index in [1.807, 2.05) is 13.8 Å². The molecule has 0 aliphatic heterocycles. The summed E-state index contributed by atoms with van der Waals surface area (Å²) in [6.07, 6.45) is 6.20. The van der Waals surface area contributed by atoms with Crippen molar-refractivity contribution in [1.82, 2.24) is 5.32 Å². The second-order valence-corrected chi connectivity index (χ2v) is 7.11. The number of methoxy groups -OCH3 is 1. The van der Waals surface area contributed by atoms with E-state index in [4.69, 9.17) is 9.47 Å². The van der Waals surface area contributed by atoms with E-state index in [1.54, 1.807) is 7.11 Å². The lowest BCUT2D eigenvalue weighted by Crippen LogP contribution is -2.57. The summed E-state index contributed by atoms with van der Waals surface area (Å²) in [4.78, 5) is 11.7. The molecule has 0 bridgehead atoms. The summed E-state index contributed by atoms with van der Waals surface area (Å²) in [5.74, 6) is -0.722. The summed E-state index contributed by atoms with van der Waals surface area (Å²) in [6.45, 7) is 4.69. The van der Waals surface area contributed by atoms with E-state index in [9.17, 15) is 9.90 Å². The molecule has 0 heterocycles. The fourth-order valence-electron chi connectivity index (χ4n) is 2.95. The van der Waals surface area contributed by atoms with Crippen LogP contribution in [-0.4, -0.2) is 48.1 Å². The van der Waals surface area contributed by atoms with Gasteiger partial charge in [0.15, 0.2) is 0 Å². The summed E-state index contributed by atoms with van der Waals surface area (Å²) in [5, 5.41) is 13.0. The lowest BCUT2D eigenvalue weighted by Gasteiger charge is -2.38. The van der Waals surface area contributed by atoms with Crippen LogP contribution in [0.25, 0.3) is 0 Å². The Balaban J connectivity index is 1.85. The number of carboxylic acid groups (broad SMARTS) is 1. The number of rotatable bonds is 8. The molecule has 2 fully saturated rings. The van der Waals surface area contributed by atoms with Gasteiger partial charge in [-0.05, 0) is 52.4 Å². The molecule has 2 rings (SSSR count). The maximum absolute atomic E-state index is 11.7. The quantitative estimate of drug-likeness (QED) is 0.720. The molecular weight excluding hydrogens is 270 g/mol. The van der Waals surface area contributed by atoms with Crippen molar-refractivity contribution in [3.05, 3.63) is 0 Å². The summed E-state index contributed by atoms with van der Waals surface area (Å²) in [7, 11) is 1.70. The van der Waals surface area contributed by atoms with Gasteiger partial charge in [-0.3, -0.25) is 10.1 Å². The molecule has 0 radical (unpaired) electrons. The van der Waals surface area contributed by atoms with Crippen molar-refractivity contribution >= 4 is 5.97 Å². The molecule has 5 nitrogen and oxygen atoms in total. The highest BCUT2D eigenvalue weighted by Crippen LogP contribution is 2.34. The molecule has 0 saturated heterocycles. The van der Waals surface area contributed by atoms with E-state index >= 15 is 0 Å². The van der Waals surface area contributed by atoms with Crippen molar-refractivity contribution in [3.63, 3.8) is 0 Å². The van der Waals surface area contributed by atoms with E-state index < -0.39 is 11.5 Å². The van der Waals surface area contributed by atoms with E-state index in [-0.39, 0.29) is 11.7 Å². The van der Waals surface area contributed by atoms with Gasteiger partial charge >= 0.3 is 5.97 Å². The topological polar surface area (TPSA) is 67.8 Å². The van der Waals surface area contributed by atoms with Gasteiger partial charge in [-0.15, -0.1) is 0 Å². The smallest absolute Gasteiger partial charge is 0.324 e. The lowest BCUT2D eigenvalue weighted by atomic mass is 9.80. The third kappa shape index (κ3) is 4.66. The minimum Gasteiger partial charge on any atom is -0.480 e. The molecule has 2 atom stereocenters. The zero-order valence-electron chi connectivity index (χ0n) is 13.5. The average molecular weight is 299 g/mol. The summed E-state index contributed by atoms with van der Waals surface area (Å²) >= 11 is 0. The number of nitrogens with one attached hydrogen (secondary N) is 1. The van der Waals surface area contributed by atoms with Crippen LogP contribution in [0, 0.1) is 0 Å². The van der Waals surface area contributed by atoms with Gasteiger partial charge in [-0.25, -0.2) is 0 Å². The van der Waals surface area contributed by atoms with Gasteiger partial charge in [0.1, 0.15) is 5.54 Å². The Morgan fingerprint density at radius 2 is 2.10 bits per heavy atom. The number of carbonyl (C=O) groups is 1. The van der Waals surface area contributed by atoms with Crippen molar-refractivity contribution in [2.45, 2.75) is 82.1 Å². The van der Waals surface area contributed by atoms with E-state index in [1.165, 1.54) is 0 Å². The number of carboxylic acids is 1. The first-order valence-electron chi connectivity index (χ1n) is 8.05. The van der Waals surface area contributed by atoms with Crippen LogP contribution in [0.1, 0.15) is 58.8 Å². The van der Waals surface area contributed by atoms with Gasteiger partial charge in [0.05, 0.1) is 11.7 Å². The molecule has 0 spiro atoms. The number of hydrogen-bond acceptors (Lipinski definition) is 4. The molecule has 0 aromatic rings. The van der Waals surface area contributed by atoms with Crippen molar-refractivity contribution in [3.8, 4) is 0 Å². The molecule has 122 valence electrons. The Hall–Kier alpha value is -0.650. The minimum atomic E-state index is -0.777. The average Bonchev–Trinajstić information content (AvgIpc) is 3.22. The van der Waals surface area contributed by atoms with Crippen LogP contribution < -0.4 is 5.32 Å². The second-order valence-electron chi connectivity index (χ2n) is 7.11. The first-order chi connectivity index (χ1) is 9.87. The zero-order chi connectivity index (χ0) is 15.5. The standard InChI is InChI=1S/C16H29NO4/c1-15(2,20-3)9-10-21-13-5-4-8-16(11-13,14(18)19)17-12-6-7-12/h12-13,17H,4-11H2,1-3H3,(H,18,19). The largest absolute Gasteiger partial charge is 0.480 e. The molecule has 2 aliphatic rings. The normalized spacial score (nSPS) is 30.3. The van der Waals surface area contributed by atoms with E-state index in [0.717, 1.165) is 32.1 Å². The highest BCUT2D eigenvalue weighted by Gasteiger charge is 2.46.